The second-order valence-corrected chi connectivity index (χ2v) is 2.30. The second-order valence-electron chi connectivity index (χ2n) is 2.30. The van der Waals surface area contributed by atoms with Crippen molar-refractivity contribution in [1.29, 1.82) is 0 Å². The summed E-state index contributed by atoms with van der Waals surface area (Å²) in [5.41, 5.74) is 0. The van der Waals surface area contributed by atoms with Gasteiger partial charge in [0.2, 0.25) is 0 Å². The van der Waals surface area contributed by atoms with E-state index in [4.69, 9.17) is 4.42 Å². The van der Waals surface area contributed by atoms with Crippen molar-refractivity contribution in [2.75, 3.05) is 0 Å². The van der Waals surface area contributed by atoms with Crippen molar-refractivity contribution >= 4 is 5.97 Å². The summed E-state index contributed by atoms with van der Waals surface area (Å²) in [6, 6.07) is 3.08. The van der Waals surface area contributed by atoms with Crippen molar-refractivity contribution in [3.05, 3.63) is 23.7 Å². The van der Waals surface area contributed by atoms with E-state index < -0.39 is 5.97 Å². The van der Waals surface area contributed by atoms with Crippen molar-refractivity contribution in [3.63, 3.8) is 0 Å². The fourth-order valence-corrected chi connectivity index (χ4v) is 0.868. The van der Waals surface area contributed by atoms with Crippen LogP contribution in [0.5, 0.6) is 0 Å². The zero-order chi connectivity index (χ0) is 8.27. The van der Waals surface area contributed by atoms with E-state index in [0.29, 0.717) is 5.76 Å². The lowest BCUT2D eigenvalue weighted by atomic mass is 10.3. The van der Waals surface area contributed by atoms with Crippen LogP contribution in [0.4, 0.5) is 0 Å². The minimum absolute atomic E-state index is 0.0894. The summed E-state index contributed by atoms with van der Waals surface area (Å²) in [5, 5.41) is 10.2. The van der Waals surface area contributed by atoms with E-state index in [0.717, 1.165) is 12.8 Å². The molecule has 1 aromatic rings. The van der Waals surface area contributed by atoms with Crippen LogP contribution in [-0.4, -0.2) is 5.97 Å². The SMILES string of the molecule is CCCc1ccc(C(=O)[O-])o1. The second kappa shape index (κ2) is 3.23. The van der Waals surface area contributed by atoms with Crippen LogP contribution in [0.15, 0.2) is 16.5 Å². The molecule has 0 spiro atoms. The molecule has 0 bridgehead atoms. The molecule has 0 aromatic carbocycles. The molecule has 1 rings (SSSR count). The lowest BCUT2D eigenvalue weighted by Crippen LogP contribution is -2.21. The summed E-state index contributed by atoms with van der Waals surface area (Å²) in [5.74, 6) is -0.646. The Morgan fingerprint density at radius 2 is 2.36 bits per heavy atom. The fraction of sp³-hybridized carbons (Fsp3) is 0.375. The first kappa shape index (κ1) is 7.85. The molecule has 0 aliphatic heterocycles. The van der Waals surface area contributed by atoms with Crippen LogP contribution in [0, 0.1) is 0 Å². The van der Waals surface area contributed by atoms with Crippen LogP contribution < -0.4 is 5.11 Å². The number of aromatic carboxylic acids is 1. The molecule has 0 unspecified atom stereocenters. The Balaban J connectivity index is 2.73. The number of hydrogen-bond acceptors (Lipinski definition) is 3. The predicted molar refractivity (Wildman–Crippen MR) is 37.0 cm³/mol. The van der Waals surface area contributed by atoms with Crippen molar-refractivity contribution in [1.82, 2.24) is 0 Å². The number of rotatable bonds is 3. The highest BCUT2D eigenvalue weighted by molar-refractivity contribution is 5.82. The monoisotopic (exact) mass is 153 g/mol. The third-order valence-electron chi connectivity index (χ3n) is 1.36. The summed E-state index contributed by atoms with van der Waals surface area (Å²) in [6.07, 6.45) is 1.72. The molecule has 0 N–H and O–H groups in total. The molecule has 0 amide bonds. The first-order valence-electron chi connectivity index (χ1n) is 3.54. The van der Waals surface area contributed by atoms with E-state index in [-0.39, 0.29) is 5.76 Å². The Hall–Kier alpha value is -1.25. The molecule has 1 heterocycles. The van der Waals surface area contributed by atoms with Gasteiger partial charge in [0, 0.05) is 6.42 Å². The molecule has 60 valence electrons. The first-order chi connectivity index (χ1) is 5.24. The third kappa shape index (κ3) is 1.83. The highest BCUT2D eigenvalue weighted by Gasteiger charge is 2.00. The topological polar surface area (TPSA) is 53.3 Å². The Kier molecular flexibility index (Phi) is 2.31. The molecule has 3 heteroatoms. The van der Waals surface area contributed by atoms with Gasteiger partial charge in [-0.2, -0.15) is 0 Å². The van der Waals surface area contributed by atoms with Crippen LogP contribution in [-0.2, 0) is 6.42 Å². The maximum absolute atomic E-state index is 10.2. The standard InChI is InChI=1S/C8H10O3/c1-2-3-6-4-5-7(11-6)8(9)10/h4-5H,2-3H2,1H3,(H,9,10)/p-1. The maximum Gasteiger partial charge on any atom is 0.149 e. The van der Waals surface area contributed by atoms with Gasteiger partial charge in [-0.1, -0.05) is 6.92 Å². The first-order valence-corrected chi connectivity index (χ1v) is 3.54. The summed E-state index contributed by atoms with van der Waals surface area (Å²) >= 11 is 0. The molecular weight excluding hydrogens is 144 g/mol. The summed E-state index contributed by atoms with van der Waals surface area (Å²) < 4.78 is 4.92. The van der Waals surface area contributed by atoms with E-state index in [9.17, 15) is 9.90 Å². The zero-order valence-corrected chi connectivity index (χ0v) is 6.29. The Labute approximate surface area is 64.6 Å². The van der Waals surface area contributed by atoms with Crippen LogP contribution in [0.2, 0.25) is 0 Å². The molecule has 11 heavy (non-hydrogen) atoms. The van der Waals surface area contributed by atoms with Gasteiger partial charge in [-0.15, -0.1) is 0 Å². The molecular formula is C8H9O3-. The predicted octanol–water partition coefficient (Wildman–Crippen LogP) is 0.596. The van der Waals surface area contributed by atoms with Crippen molar-refractivity contribution in [2.45, 2.75) is 19.8 Å². The number of hydrogen-bond donors (Lipinski definition) is 0. The van der Waals surface area contributed by atoms with Gasteiger partial charge in [-0.05, 0) is 18.6 Å². The quantitative estimate of drug-likeness (QED) is 0.638. The van der Waals surface area contributed by atoms with Gasteiger partial charge in [0.05, 0.1) is 0 Å². The Morgan fingerprint density at radius 1 is 1.64 bits per heavy atom. The van der Waals surface area contributed by atoms with E-state index in [1.807, 2.05) is 6.92 Å². The lowest BCUT2D eigenvalue weighted by molar-refractivity contribution is -0.257. The van der Waals surface area contributed by atoms with Gasteiger partial charge in [0.1, 0.15) is 17.5 Å². The number of carboxylic acids is 1. The Bertz CT molecular complexity index is 250. The van der Waals surface area contributed by atoms with Gasteiger partial charge in [-0.3, -0.25) is 0 Å². The average Bonchev–Trinajstić information content (AvgIpc) is 2.37. The van der Waals surface area contributed by atoms with E-state index in [1.54, 1.807) is 6.07 Å². The molecule has 3 nitrogen and oxygen atoms in total. The normalized spacial score (nSPS) is 9.91. The smallest absolute Gasteiger partial charge is 0.149 e. The number of carbonyl (C=O) groups excluding carboxylic acids is 1. The molecule has 0 radical (unpaired) electrons. The van der Waals surface area contributed by atoms with Crippen molar-refractivity contribution in [2.24, 2.45) is 0 Å². The largest absolute Gasteiger partial charge is 0.542 e. The van der Waals surface area contributed by atoms with Gasteiger partial charge in [0.25, 0.3) is 0 Å². The lowest BCUT2D eigenvalue weighted by Gasteiger charge is -1.94. The van der Waals surface area contributed by atoms with E-state index >= 15 is 0 Å². The molecule has 0 fully saturated rings. The highest BCUT2D eigenvalue weighted by Crippen LogP contribution is 2.08. The molecule has 0 aliphatic rings. The molecule has 1 aromatic heterocycles. The summed E-state index contributed by atoms with van der Waals surface area (Å²) in [6.45, 7) is 2.00. The fourth-order valence-electron chi connectivity index (χ4n) is 0.868. The summed E-state index contributed by atoms with van der Waals surface area (Å²) in [7, 11) is 0. The Morgan fingerprint density at radius 3 is 2.82 bits per heavy atom. The summed E-state index contributed by atoms with van der Waals surface area (Å²) in [4.78, 5) is 10.2. The number of carboxylic acid groups (broad SMARTS) is 1. The number of aryl methyl sites for hydroxylation is 1. The van der Waals surface area contributed by atoms with Crippen LogP contribution >= 0.6 is 0 Å². The average molecular weight is 153 g/mol. The van der Waals surface area contributed by atoms with Gasteiger partial charge in [-0.25, -0.2) is 0 Å². The van der Waals surface area contributed by atoms with Crippen LogP contribution in [0.3, 0.4) is 0 Å². The number of furan rings is 1. The van der Waals surface area contributed by atoms with Crippen molar-refractivity contribution in [3.8, 4) is 0 Å². The minimum atomic E-state index is -1.26. The zero-order valence-electron chi connectivity index (χ0n) is 6.29. The van der Waals surface area contributed by atoms with E-state index in [2.05, 4.69) is 0 Å². The van der Waals surface area contributed by atoms with Crippen LogP contribution in [0.25, 0.3) is 0 Å². The van der Waals surface area contributed by atoms with Crippen LogP contribution in [0.1, 0.15) is 29.7 Å². The highest BCUT2D eigenvalue weighted by atomic mass is 16.4. The number of carbonyl (C=O) groups is 1. The maximum atomic E-state index is 10.2. The van der Waals surface area contributed by atoms with E-state index in [1.165, 1.54) is 6.07 Å². The molecule has 0 saturated carbocycles. The molecule has 0 saturated heterocycles. The molecule has 0 atom stereocenters. The minimum Gasteiger partial charge on any atom is -0.542 e. The van der Waals surface area contributed by atoms with Gasteiger partial charge in [0.15, 0.2) is 0 Å². The third-order valence-corrected chi connectivity index (χ3v) is 1.36. The van der Waals surface area contributed by atoms with Gasteiger partial charge >= 0.3 is 0 Å². The van der Waals surface area contributed by atoms with Gasteiger partial charge < -0.3 is 14.3 Å². The molecule has 0 aliphatic carbocycles. The van der Waals surface area contributed by atoms with Crippen molar-refractivity contribution < 1.29 is 14.3 Å².